The van der Waals surface area contributed by atoms with Crippen molar-refractivity contribution in [2.75, 3.05) is 18.1 Å². The number of carbonyl (C=O) groups excluding carboxylic acids is 3. The van der Waals surface area contributed by atoms with Crippen molar-refractivity contribution in [2.24, 2.45) is 0 Å². The minimum atomic E-state index is -1.000. The van der Waals surface area contributed by atoms with Crippen LogP contribution >= 0.6 is 11.3 Å². The van der Waals surface area contributed by atoms with Gasteiger partial charge in [-0.05, 0) is 44.9 Å². The normalized spacial score (nSPS) is 16.4. The Balaban J connectivity index is 1.88. The lowest BCUT2D eigenvalue weighted by Crippen LogP contribution is -2.29. The molecule has 40 heavy (non-hydrogen) atoms. The number of anilines is 1. The van der Waals surface area contributed by atoms with E-state index in [9.17, 15) is 19.5 Å². The van der Waals surface area contributed by atoms with Gasteiger partial charge in [-0.3, -0.25) is 19.3 Å². The molecule has 1 atom stereocenters. The van der Waals surface area contributed by atoms with Crippen LogP contribution in [0.25, 0.3) is 5.76 Å². The minimum absolute atomic E-state index is 0.0647. The van der Waals surface area contributed by atoms with E-state index in [4.69, 9.17) is 9.47 Å². The van der Waals surface area contributed by atoms with Crippen LogP contribution in [-0.2, 0) is 9.59 Å². The highest BCUT2D eigenvalue weighted by atomic mass is 32.1. The second kappa shape index (κ2) is 12.5. The number of hydrogen-bond acceptors (Lipinski definition) is 8. The molecule has 1 aliphatic rings. The summed E-state index contributed by atoms with van der Waals surface area (Å²) in [6.45, 7) is 9.93. The van der Waals surface area contributed by atoms with Crippen LogP contribution in [0.4, 0.5) is 5.13 Å². The van der Waals surface area contributed by atoms with Crippen molar-refractivity contribution in [2.45, 2.75) is 59.9 Å². The molecule has 1 saturated heterocycles. The maximum absolute atomic E-state index is 13.5. The zero-order valence-electron chi connectivity index (χ0n) is 23.4. The predicted octanol–water partition coefficient (Wildman–Crippen LogP) is 6.56. The molecule has 0 aliphatic carbocycles. The van der Waals surface area contributed by atoms with Crippen molar-refractivity contribution in [1.29, 1.82) is 0 Å². The van der Waals surface area contributed by atoms with E-state index in [2.05, 4.69) is 11.9 Å². The quantitative estimate of drug-likeness (QED) is 0.0928. The van der Waals surface area contributed by atoms with E-state index in [1.54, 1.807) is 37.3 Å². The number of ketones is 2. The van der Waals surface area contributed by atoms with Crippen molar-refractivity contribution < 1.29 is 29.0 Å². The van der Waals surface area contributed by atoms with Gasteiger partial charge in [-0.15, -0.1) is 0 Å². The fraction of sp³-hybridized carbons (Fsp3) is 0.355. The van der Waals surface area contributed by atoms with Crippen molar-refractivity contribution in [3.8, 4) is 11.5 Å². The molecule has 0 spiro atoms. The molecule has 2 heterocycles. The second-order valence-corrected chi connectivity index (χ2v) is 10.7. The summed E-state index contributed by atoms with van der Waals surface area (Å²) in [5.41, 5.74) is 2.34. The summed E-state index contributed by atoms with van der Waals surface area (Å²) in [6, 6.07) is 11.3. The number of carbonyl (C=O) groups is 3. The maximum atomic E-state index is 13.5. The Hall–Kier alpha value is -3.98. The Bertz CT molecular complexity index is 1460. The second-order valence-electron chi connectivity index (χ2n) is 9.70. The Morgan fingerprint density at radius 3 is 2.38 bits per heavy atom. The van der Waals surface area contributed by atoms with Gasteiger partial charge in [-0.2, -0.15) is 0 Å². The predicted molar refractivity (Wildman–Crippen MR) is 155 cm³/mol. The fourth-order valence-corrected chi connectivity index (χ4v) is 5.63. The molecule has 210 valence electrons. The summed E-state index contributed by atoms with van der Waals surface area (Å²) in [4.78, 5) is 45.3. The highest BCUT2D eigenvalue weighted by Gasteiger charge is 2.48. The summed E-state index contributed by atoms with van der Waals surface area (Å²) < 4.78 is 11.9. The van der Waals surface area contributed by atoms with Crippen LogP contribution in [0.1, 0.15) is 78.1 Å². The number of thiazole rings is 1. The van der Waals surface area contributed by atoms with Crippen LogP contribution in [0.5, 0.6) is 11.5 Å². The number of hydrogen-bond donors (Lipinski definition) is 1. The molecular formula is C31H34N2O6S. The number of Topliss-reactive ketones (excluding diaryl/α,β-unsaturated/α-hetero) is 2. The Morgan fingerprint density at radius 1 is 1.02 bits per heavy atom. The fourth-order valence-electron chi connectivity index (χ4n) is 4.64. The molecule has 8 nitrogen and oxygen atoms in total. The molecule has 1 N–H and O–H groups in total. The van der Waals surface area contributed by atoms with E-state index in [0.717, 1.165) is 36.2 Å². The minimum Gasteiger partial charge on any atom is -0.507 e. The topological polar surface area (TPSA) is 106 Å². The number of nitrogens with zero attached hydrogens (tertiary/aromatic N) is 2. The van der Waals surface area contributed by atoms with E-state index in [1.165, 1.54) is 11.8 Å². The number of aromatic nitrogens is 1. The lowest BCUT2D eigenvalue weighted by atomic mass is 9.95. The summed E-state index contributed by atoms with van der Waals surface area (Å²) >= 11 is 1.05. The zero-order chi connectivity index (χ0) is 29.0. The molecule has 0 bridgehead atoms. The molecule has 1 aromatic heterocycles. The van der Waals surface area contributed by atoms with Gasteiger partial charge in [0.2, 0.25) is 0 Å². The van der Waals surface area contributed by atoms with Gasteiger partial charge in [0.25, 0.3) is 5.78 Å². The van der Waals surface area contributed by atoms with Crippen LogP contribution < -0.4 is 14.4 Å². The number of aliphatic hydroxyl groups is 1. The maximum Gasteiger partial charge on any atom is 0.301 e. The number of ether oxygens (including phenoxy) is 2. The monoisotopic (exact) mass is 562 g/mol. The lowest BCUT2D eigenvalue weighted by molar-refractivity contribution is -0.132. The van der Waals surface area contributed by atoms with Gasteiger partial charge < -0.3 is 14.6 Å². The number of benzene rings is 2. The summed E-state index contributed by atoms with van der Waals surface area (Å²) in [6.07, 6.45) is 3.02. The van der Waals surface area contributed by atoms with Crippen molar-refractivity contribution in [3.63, 3.8) is 0 Å². The van der Waals surface area contributed by atoms with Gasteiger partial charge in [-0.1, -0.05) is 67.0 Å². The first-order valence-corrected chi connectivity index (χ1v) is 14.2. The number of aryl methyl sites for hydroxylation is 2. The molecule has 1 amide bonds. The van der Waals surface area contributed by atoms with Gasteiger partial charge in [-0.25, -0.2) is 4.98 Å². The number of unbranched alkanes of at least 4 members (excludes halogenated alkanes) is 2. The van der Waals surface area contributed by atoms with Crippen LogP contribution in [0, 0.1) is 13.8 Å². The zero-order valence-corrected chi connectivity index (χ0v) is 24.3. The largest absolute Gasteiger partial charge is 0.507 e. The van der Waals surface area contributed by atoms with E-state index in [-0.39, 0.29) is 22.2 Å². The standard InChI is InChI=1S/C31H34N2O6S/c1-6-8-9-16-39-23-15-14-22(17-24(23)38-7-2)26-25(27(35)21-12-10-18(3)11-13-21)28(36)30(37)33(26)31-32-19(4)29(40-31)20(5)34/h10-15,17,26,35H,6-9,16H2,1-5H3. The van der Waals surface area contributed by atoms with Crippen LogP contribution in [0.2, 0.25) is 0 Å². The Morgan fingerprint density at radius 2 is 1.75 bits per heavy atom. The number of amides is 1. The smallest absolute Gasteiger partial charge is 0.301 e. The molecule has 2 aromatic carbocycles. The number of aliphatic hydroxyl groups excluding tert-OH is 1. The van der Waals surface area contributed by atoms with Gasteiger partial charge in [0.05, 0.1) is 35.4 Å². The average molecular weight is 563 g/mol. The molecule has 9 heteroatoms. The first kappa shape index (κ1) is 29.0. The first-order valence-electron chi connectivity index (χ1n) is 13.4. The average Bonchev–Trinajstić information content (AvgIpc) is 3.44. The summed E-state index contributed by atoms with van der Waals surface area (Å²) in [7, 11) is 0. The van der Waals surface area contributed by atoms with Crippen LogP contribution in [0.3, 0.4) is 0 Å². The van der Waals surface area contributed by atoms with Gasteiger partial charge in [0.1, 0.15) is 5.76 Å². The molecule has 0 saturated carbocycles. The van der Waals surface area contributed by atoms with Gasteiger partial charge >= 0.3 is 5.91 Å². The number of rotatable bonds is 11. The molecular weight excluding hydrogens is 528 g/mol. The highest BCUT2D eigenvalue weighted by Crippen LogP contribution is 2.45. The van der Waals surface area contributed by atoms with Crippen LogP contribution in [-0.4, -0.2) is 40.8 Å². The van der Waals surface area contributed by atoms with Crippen LogP contribution in [0.15, 0.2) is 48.0 Å². The summed E-state index contributed by atoms with van der Waals surface area (Å²) in [5.74, 6) is -1.11. The van der Waals surface area contributed by atoms with Gasteiger partial charge in [0.15, 0.2) is 22.4 Å². The third-order valence-corrected chi connectivity index (χ3v) is 7.93. The van der Waals surface area contributed by atoms with E-state index in [0.29, 0.717) is 46.4 Å². The Labute approximate surface area is 238 Å². The molecule has 4 rings (SSSR count). The summed E-state index contributed by atoms with van der Waals surface area (Å²) in [5, 5.41) is 11.6. The van der Waals surface area contributed by atoms with Crippen molar-refractivity contribution >= 4 is 39.7 Å². The molecule has 1 aliphatic heterocycles. The third-order valence-electron chi connectivity index (χ3n) is 6.67. The van der Waals surface area contributed by atoms with E-state index < -0.39 is 17.7 Å². The SMILES string of the molecule is CCCCCOc1ccc(C2C(=C(O)c3ccc(C)cc3)C(=O)C(=O)N2c2nc(C)c(C(C)=O)s2)cc1OCC. The van der Waals surface area contributed by atoms with Crippen molar-refractivity contribution in [3.05, 3.63) is 75.3 Å². The van der Waals surface area contributed by atoms with Gasteiger partial charge in [0, 0.05) is 12.5 Å². The Kier molecular flexibility index (Phi) is 9.04. The van der Waals surface area contributed by atoms with E-state index in [1.807, 2.05) is 26.0 Å². The lowest BCUT2D eigenvalue weighted by Gasteiger charge is -2.24. The van der Waals surface area contributed by atoms with Crippen molar-refractivity contribution in [1.82, 2.24) is 4.98 Å². The van der Waals surface area contributed by atoms with E-state index >= 15 is 0 Å². The molecule has 3 aromatic rings. The molecule has 0 radical (unpaired) electrons. The first-order chi connectivity index (χ1) is 19.2. The highest BCUT2D eigenvalue weighted by molar-refractivity contribution is 7.18. The molecule has 1 unspecified atom stereocenters. The molecule has 1 fully saturated rings. The third kappa shape index (κ3) is 5.79.